The second-order valence-electron chi connectivity index (χ2n) is 5.07. The molecular weight excluding hydrogens is 245 g/mol. The number of rotatable bonds is 3. The van der Waals surface area contributed by atoms with Crippen molar-refractivity contribution in [2.75, 3.05) is 13.2 Å². The Kier molecular flexibility index (Phi) is 3.88. The van der Waals surface area contributed by atoms with E-state index in [2.05, 4.69) is 6.07 Å². The number of ether oxygens (including phenoxy) is 1. The predicted octanol–water partition coefficient (Wildman–Crippen LogP) is 2.74. The van der Waals surface area contributed by atoms with Gasteiger partial charge in [0.25, 0.3) is 0 Å². The predicted molar refractivity (Wildman–Crippen MR) is 68.7 cm³/mol. The van der Waals surface area contributed by atoms with Crippen LogP contribution in [0.5, 0.6) is 0 Å². The second kappa shape index (κ2) is 5.28. The first kappa shape index (κ1) is 14.0. The molecule has 1 saturated heterocycles. The van der Waals surface area contributed by atoms with Crippen LogP contribution in [0.15, 0.2) is 24.3 Å². The van der Waals surface area contributed by atoms with E-state index in [0.29, 0.717) is 25.0 Å². The third-order valence-corrected chi connectivity index (χ3v) is 4.06. The third-order valence-electron chi connectivity index (χ3n) is 4.06. The number of benzene rings is 1. The summed E-state index contributed by atoms with van der Waals surface area (Å²) < 4.78 is 18.8. The van der Waals surface area contributed by atoms with Crippen molar-refractivity contribution < 1.29 is 14.2 Å². The number of aliphatic hydroxyl groups is 1. The first-order valence-electron chi connectivity index (χ1n) is 6.55. The lowest BCUT2D eigenvalue weighted by Gasteiger charge is -2.44. The Morgan fingerprint density at radius 2 is 2.37 bits per heavy atom. The highest BCUT2D eigenvalue weighted by Crippen LogP contribution is 2.47. The van der Waals surface area contributed by atoms with Crippen LogP contribution in [-0.4, -0.2) is 18.3 Å². The van der Waals surface area contributed by atoms with E-state index in [-0.39, 0.29) is 6.61 Å². The molecule has 4 heteroatoms. The van der Waals surface area contributed by atoms with Crippen molar-refractivity contribution in [1.29, 1.82) is 5.26 Å². The van der Waals surface area contributed by atoms with Gasteiger partial charge in [-0.15, -0.1) is 0 Å². The van der Waals surface area contributed by atoms with Crippen LogP contribution in [0.3, 0.4) is 0 Å². The van der Waals surface area contributed by atoms with Crippen molar-refractivity contribution in [1.82, 2.24) is 0 Å². The van der Waals surface area contributed by atoms with Gasteiger partial charge in [-0.3, -0.25) is 0 Å². The van der Waals surface area contributed by atoms with Gasteiger partial charge in [0.2, 0.25) is 0 Å². The van der Waals surface area contributed by atoms with E-state index in [1.165, 1.54) is 12.1 Å². The zero-order chi connectivity index (χ0) is 13.9. The lowest BCUT2D eigenvalue weighted by molar-refractivity contribution is -0.126. The fourth-order valence-corrected chi connectivity index (χ4v) is 2.87. The molecule has 1 aliphatic heterocycles. The SMILES string of the molecule is CCC(O)(c1cccc(F)c1)C1(C#N)CCCOC1. The maximum Gasteiger partial charge on any atom is 0.123 e. The van der Waals surface area contributed by atoms with Crippen LogP contribution in [0.25, 0.3) is 0 Å². The quantitative estimate of drug-likeness (QED) is 0.912. The summed E-state index contributed by atoms with van der Waals surface area (Å²) in [4.78, 5) is 0. The Hall–Kier alpha value is -1.44. The average molecular weight is 263 g/mol. The Balaban J connectivity index is 2.49. The van der Waals surface area contributed by atoms with Crippen LogP contribution >= 0.6 is 0 Å². The molecule has 1 aliphatic rings. The first-order valence-corrected chi connectivity index (χ1v) is 6.55. The monoisotopic (exact) mass is 263 g/mol. The molecule has 2 rings (SSSR count). The summed E-state index contributed by atoms with van der Waals surface area (Å²) in [7, 11) is 0. The lowest BCUT2D eigenvalue weighted by atomic mass is 9.65. The van der Waals surface area contributed by atoms with E-state index in [1.54, 1.807) is 19.1 Å². The average Bonchev–Trinajstić information content (AvgIpc) is 2.47. The van der Waals surface area contributed by atoms with Crippen LogP contribution < -0.4 is 0 Å². The summed E-state index contributed by atoms with van der Waals surface area (Å²) >= 11 is 0. The Labute approximate surface area is 112 Å². The largest absolute Gasteiger partial charge is 0.383 e. The molecule has 0 bridgehead atoms. The highest BCUT2D eigenvalue weighted by Gasteiger charge is 2.52. The summed E-state index contributed by atoms with van der Waals surface area (Å²) in [5, 5.41) is 20.6. The Morgan fingerprint density at radius 1 is 1.58 bits per heavy atom. The second-order valence-corrected chi connectivity index (χ2v) is 5.07. The minimum absolute atomic E-state index is 0.185. The van der Waals surface area contributed by atoms with Crippen molar-refractivity contribution in [3.8, 4) is 6.07 Å². The van der Waals surface area contributed by atoms with E-state index in [0.717, 1.165) is 6.42 Å². The number of hydrogen-bond donors (Lipinski definition) is 1. The number of nitriles is 1. The highest BCUT2D eigenvalue weighted by molar-refractivity contribution is 5.30. The molecule has 0 radical (unpaired) electrons. The van der Waals surface area contributed by atoms with Crippen molar-refractivity contribution in [2.45, 2.75) is 31.8 Å². The number of hydrogen-bond acceptors (Lipinski definition) is 3. The van der Waals surface area contributed by atoms with Gasteiger partial charge in [-0.05, 0) is 37.0 Å². The van der Waals surface area contributed by atoms with Crippen LogP contribution in [0.4, 0.5) is 4.39 Å². The van der Waals surface area contributed by atoms with Crippen LogP contribution in [0.1, 0.15) is 31.7 Å². The molecule has 1 aromatic carbocycles. The van der Waals surface area contributed by atoms with Gasteiger partial charge in [-0.25, -0.2) is 4.39 Å². The summed E-state index contributed by atoms with van der Waals surface area (Å²) in [5.41, 5.74) is -1.94. The van der Waals surface area contributed by atoms with Crippen molar-refractivity contribution in [2.24, 2.45) is 5.41 Å². The fourth-order valence-electron chi connectivity index (χ4n) is 2.87. The molecule has 0 saturated carbocycles. The molecule has 0 spiro atoms. The number of nitrogens with zero attached hydrogens (tertiary/aromatic N) is 1. The van der Waals surface area contributed by atoms with Crippen molar-refractivity contribution in [3.63, 3.8) is 0 Å². The summed E-state index contributed by atoms with van der Waals surface area (Å²) in [6.45, 7) is 2.59. The molecule has 0 aliphatic carbocycles. The molecule has 0 amide bonds. The first-order chi connectivity index (χ1) is 9.08. The zero-order valence-electron chi connectivity index (χ0n) is 11.0. The van der Waals surface area contributed by atoms with Gasteiger partial charge in [-0.1, -0.05) is 19.1 Å². The molecule has 1 N–H and O–H groups in total. The minimum atomic E-state index is -1.38. The fraction of sp³-hybridized carbons (Fsp3) is 0.533. The molecule has 3 nitrogen and oxygen atoms in total. The molecule has 2 unspecified atom stereocenters. The van der Waals surface area contributed by atoms with Gasteiger partial charge in [0, 0.05) is 6.61 Å². The number of halogens is 1. The standard InChI is InChI=1S/C15H18FNO2/c1-2-15(18,12-5-3-6-13(16)9-12)14(10-17)7-4-8-19-11-14/h3,5-6,9,18H,2,4,7-8,11H2,1H3. The van der Waals surface area contributed by atoms with E-state index in [1.807, 2.05) is 0 Å². The zero-order valence-corrected chi connectivity index (χ0v) is 11.0. The van der Waals surface area contributed by atoms with Gasteiger partial charge in [0.15, 0.2) is 0 Å². The normalized spacial score (nSPS) is 26.4. The Bertz CT molecular complexity index is 491. The molecule has 0 aromatic heterocycles. The third kappa shape index (κ3) is 2.24. The molecule has 1 heterocycles. The molecule has 19 heavy (non-hydrogen) atoms. The van der Waals surface area contributed by atoms with E-state index in [9.17, 15) is 14.8 Å². The topological polar surface area (TPSA) is 53.2 Å². The highest BCUT2D eigenvalue weighted by atomic mass is 19.1. The summed E-state index contributed by atoms with van der Waals surface area (Å²) in [6, 6.07) is 8.08. The van der Waals surface area contributed by atoms with Crippen LogP contribution in [0, 0.1) is 22.6 Å². The molecule has 102 valence electrons. The maximum atomic E-state index is 13.4. The van der Waals surface area contributed by atoms with Gasteiger partial charge in [0.05, 0.1) is 12.7 Å². The van der Waals surface area contributed by atoms with Crippen LogP contribution in [0.2, 0.25) is 0 Å². The minimum Gasteiger partial charge on any atom is -0.383 e. The van der Waals surface area contributed by atoms with E-state index < -0.39 is 16.8 Å². The van der Waals surface area contributed by atoms with Gasteiger partial charge >= 0.3 is 0 Å². The van der Waals surface area contributed by atoms with E-state index in [4.69, 9.17) is 4.74 Å². The summed E-state index contributed by atoms with van der Waals surface area (Å²) in [6.07, 6.45) is 1.63. The smallest absolute Gasteiger partial charge is 0.123 e. The lowest BCUT2D eigenvalue weighted by Crippen LogP contribution is -2.49. The van der Waals surface area contributed by atoms with Gasteiger partial charge < -0.3 is 9.84 Å². The van der Waals surface area contributed by atoms with Crippen molar-refractivity contribution in [3.05, 3.63) is 35.6 Å². The molecular formula is C15H18FNO2. The maximum absolute atomic E-state index is 13.4. The molecule has 2 atom stereocenters. The Morgan fingerprint density at radius 3 is 2.89 bits per heavy atom. The van der Waals surface area contributed by atoms with Crippen LogP contribution in [-0.2, 0) is 10.3 Å². The molecule has 1 aromatic rings. The van der Waals surface area contributed by atoms with Gasteiger partial charge in [-0.2, -0.15) is 5.26 Å². The van der Waals surface area contributed by atoms with Gasteiger partial charge in [0.1, 0.15) is 16.8 Å². The molecule has 1 fully saturated rings. The summed E-state index contributed by atoms with van der Waals surface area (Å²) in [5.74, 6) is -0.408. The van der Waals surface area contributed by atoms with Crippen molar-refractivity contribution >= 4 is 0 Å². The van der Waals surface area contributed by atoms with E-state index >= 15 is 0 Å².